The molecule has 0 aromatic carbocycles. The van der Waals surface area contributed by atoms with E-state index in [4.69, 9.17) is 5.26 Å². The number of hydrogen-bond donors (Lipinski definition) is 0. The van der Waals surface area contributed by atoms with Crippen LogP contribution in [0.2, 0.25) is 0 Å². The summed E-state index contributed by atoms with van der Waals surface area (Å²) in [5.74, 6) is -1.27. The Morgan fingerprint density at radius 3 is 2.89 bits per heavy atom. The van der Waals surface area contributed by atoms with Gasteiger partial charge in [-0.1, -0.05) is 6.58 Å². The smallest absolute Gasteiger partial charge is 0.327 e. The van der Waals surface area contributed by atoms with Crippen molar-refractivity contribution in [3.8, 4) is 6.07 Å². The van der Waals surface area contributed by atoms with E-state index >= 15 is 0 Å². The first kappa shape index (κ1) is 7.70. The van der Waals surface area contributed by atoms with Crippen molar-refractivity contribution in [3.05, 3.63) is 12.8 Å². The molecule has 48 valence electrons. The summed E-state index contributed by atoms with van der Waals surface area (Å²) < 4.78 is 4.30. The van der Waals surface area contributed by atoms with Crippen LogP contribution >= 0.6 is 0 Å². The van der Waals surface area contributed by atoms with E-state index in [0.717, 1.165) is 6.26 Å². The standard InChI is InChI=1S/C6H7NO2/c1-3-9-6(8)5(2)4-7/h3,5H,1H2,2H3. The zero-order chi connectivity index (χ0) is 7.28. The summed E-state index contributed by atoms with van der Waals surface area (Å²) in [4.78, 5) is 10.5. The SMILES string of the molecule is C=COC(=O)C(C)C#N. The molecule has 0 saturated carbocycles. The van der Waals surface area contributed by atoms with Gasteiger partial charge in [0, 0.05) is 0 Å². The van der Waals surface area contributed by atoms with Crippen molar-refractivity contribution in [3.63, 3.8) is 0 Å². The molecule has 1 unspecified atom stereocenters. The van der Waals surface area contributed by atoms with Crippen molar-refractivity contribution in [2.75, 3.05) is 0 Å². The first-order valence-corrected chi connectivity index (χ1v) is 2.43. The lowest BCUT2D eigenvalue weighted by Crippen LogP contribution is -2.09. The molecule has 0 N–H and O–H groups in total. The molecule has 1 atom stereocenters. The van der Waals surface area contributed by atoms with E-state index in [-0.39, 0.29) is 0 Å². The van der Waals surface area contributed by atoms with Crippen LogP contribution in [0.15, 0.2) is 12.8 Å². The Balaban J connectivity index is 3.76. The molecule has 0 aliphatic rings. The summed E-state index contributed by atoms with van der Waals surface area (Å²) in [5, 5.41) is 8.15. The highest BCUT2D eigenvalue weighted by Gasteiger charge is 2.10. The van der Waals surface area contributed by atoms with Crippen molar-refractivity contribution < 1.29 is 9.53 Å². The average Bonchev–Trinajstić information content (AvgIpc) is 1.87. The first-order valence-electron chi connectivity index (χ1n) is 2.43. The third-order valence-corrected chi connectivity index (χ3v) is 0.747. The molecule has 0 aliphatic heterocycles. The van der Waals surface area contributed by atoms with E-state index in [1.54, 1.807) is 6.07 Å². The normalized spacial score (nSPS) is 11.1. The predicted octanol–water partition coefficient (Wildman–Crippen LogP) is 0.833. The summed E-state index contributed by atoms with van der Waals surface area (Å²) in [6, 6.07) is 1.73. The Morgan fingerprint density at radius 2 is 2.56 bits per heavy atom. The van der Waals surface area contributed by atoms with Crippen LogP contribution in [0.3, 0.4) is 0 Å². The van der Waals surface area contributed by atoms with Crippen molar-refractivity contribution in [1.82, 2.24) is 0 Å². The van der Waals surface area contributed by atoms with E-state index in [1.165, 1.54) is 6.92 Å². The Kier molecular flexibility index (Phi) is 3.14. The quantitative estimate of drug-likeness (QED) is 0.405. The summed E-state index contributed by atoms with van der Waals surface area (Å²) in [6.45, 7) is 4.63. The number of carbonyl (C=O) groups is 1. The Labute approximate surface area is 53.5 Å². The summed E-state index contributed by atoms with van der Waals surface area (Å²) >= 11 is 0. The number of hydrogen-bond acceptors (Lipinski definition) is 3. The molecular weight excluding hydrogens is 118 g/mol. The topological polar surface area (TPSA) is 50.1 Å². The van der Waals surface area contributed by atoms with Crippen molar-refractivity contribution >= 4 is 5.97 Å². The molecule has 0 amide bonds. The van der Waals surface area contributed by atoms with Crippen molar-refractivity contribution in [2.24, 2.45) is 5.92 Å². The fourth-order valence-electron chi connectivity index (χ4n) is 0.237. The summed E-state index contributed by atoms with van der Waals surface area (Å²) in [5.41, 5.74) is 0. The maximum Gasteiger partial charge on any atom is 0.327 e. The van der Waals surface area contributed by atoms with Gasteiger partial charge >= 0.3 is 5.97 Å². The van der Waals surface area contributed by atoms with Crippen LogP contribution in [0.4, 0.5) is 0 Å². The number of rotatable bonds is 2. The van der Waals surface area contributed by atoms with Gasteiger partial charge in [-0.3, -0.25) is 4.79 Å². The average molecular weight is 125 g/mol. The van der Waals surface area contributed by atoms with Gasteiger partial charge in [0.1, 0.15) is 5.92 Å². The van der Waals surface area contributed by atoms with Crippen LogP contribution in [0.25, 0.3) is 0 Å². The molecule has 0 aliphatic carbocycles. The molecule has 0 aromatic rings. The third kappa shape index (κ3) is 2.50. The van der Waals surface area contributed by atoms with Crippen LogP contribution in [0, 0.1) is 17.2 Å². The van der Waals surface area contributed by atoms with Gasteiger partial charge in [0.05, 0.1) is 12.3 Å². The van der Waals surface area contributed by atoms with Crippen molar-refractivity contribution in [1.29, 1.82) is 5.26 Å². The molecule has 0 bridgehead atoms. The minimum atomic E-state index is -0.706. The maximum absolute atomic E-state index is 10.5. The van der Waals surface area contributed by atoms with Crippen molar-refractivity contribution in [2.45, 2.75) is 6.92 Å². The summed E-state index contributed by atoms with van der Waals surface area (Å²) in [7, 11) is 0. The molecule has 0 saturated heterocycles. The molecule has 3 heteroatoms. The number of nitriles is 1. The van der Waals surface area contributed by atoms with Crippen LogP contribution in [-0.2, 0) is 9.53 Å². The molecule has 9 heavy (non-hydrogen) atoms. The van der Waals surface area contributed by atoms with Gasteiger partial charge in [-0.05, 0) is 6.92 Å². The molecule has 0 radical (unpaired) electrons. The molecule has 3 nitrogen and oxygen atoms in total. The second kappa shape index (κ2) is 3.67. The van der Waals surface area contributed by atoms with E-state index in [9.17, 15) is 4.79 Å². The van der Waals surface area contributed by atoms with Gasteiger partial charge in [0.25, 0.3) is 0 Å². The fourth-order valence-corrected chi connectivity index (χ4v) is 0.237. The lowest BCUT2D eigenvalue weighted by atomic mass is 10.2. The largest absolute Gasteiger partial charge is 0.434 e. The molecule has 0 fully saturated rings. The molecular formula is C6H7NO2. The Hall–Kier alpha value is -1.30. The minimum absolute atomic E-state index is 0.562. The lowest BCUT2D eigenvalue weighted by molar-refractivity contribution is -0.140. The van der Waals surface area contributed by atoms with E-state index in [0.29, 0.717) is 0 Å². The third-order valence-electron chi connectivity index (χ3n) is 0.747. The van der Waals surface area contributed by atoms with Gasteiger partial charge in [-0.2, -0.15) is 5.26 Å². The van der Waals surface area contributed by atoms with Crippen LogP contribution in [0.5, 0.6) is 0 Å². The van der Waals surface area contributed by atoms with Gasteiger partial charge in [0.2, 0.25) is 0 Å². The number of carbonyl (C=O) groups excluding carboxylic acids is 1. The maximum atomic E-state index is 10.5. The molecule has 0 aromatic heterocycles. The highest BCUT2D eigenvalue weighted by atomic mass is 16.5. The monoisotopic (exact) mass is 125 g/mol. The van der Waals surface area contributed by atoms with E-state index < -0.39 is 11.9 Å². The van der Waals surface area contributed by atoms with Gasteiger partial charge < -0.3 is 4.74 Å². The van der Waals surface area contributed by atoms with Gasteiger partial charge in [-0.25, -0.2) is 0 Å². The predicted molar refractivity (Wildman–Crippen MR) is 31.1 cm³/mol. The molecule has 0 heterocycles. The van der Waals surface area contributed by atoms with Crippen LogP contribution in [-0.4, -0.2) is 5.97 Å². The van der Waals surface area contributed by atoms with Gasteiger partial charge in [-0.15, -0.1) is 0 Å². The van der Waals surface area contributed by atoms with E-state index in [2.05, 4.69) is 11.3 Å². The zero-order valence-electron chi connectivity index (χ0n) is 5.13. The number of ether oxygens (including phenoxy) is 1. The molecule has 0 rings (SSSR count). The Morgan fingerprint density at radius 1 is 2.00 bits per heavy atom. The lowest BCUT2D eigenvalue weighted by Gasteiger charge is -1.96. The number of esters is 1. The molecule has 0 spiro atoms. The zero-order valence-corrected chi connectivity index (χ0v) is 5.13. The number of nitrogens with zero attached hydrogens (tertiary/aromatic N) is 1. The first-order chi connectivity index (χ1) is 4.22. The fraction of sp³-hybridized carbons (Fsp3) is 0.333. The van der Waals surface area contributed by atoms with Crippen LogP contribution in [0.1, 0.15) is 6.92 Å². The Bertz CT molecular complexity index is 157. The highest BCUT2D eigenvalue weighted by molar-refractivity contribution is 5.75. The second-order valence-electron chi connectivity index (χ2n) is 1.45. The van der Waals surface area contributed by atoms with E-state index in [1.807, 2.05) is 0 Å². The second-order valence-corrected chi connectivity index (χ2v) is 1.45. The highest BCUT2D eigenvalue weighted by Crippen LogP contribution is 1.94. The summed E-state index contributed by atoms with van der Waals surface area (Å²) in [6.07, 6.45) is 1.01. The van der Waals surface area contributed by atoms with Crippen LogP contribution < -0.4 is 0 Å². The minimum Gasteiger partial charge on any atom is -0.434 e. The van der Waals surface area contributed by atoms with Gasteiger partial charge in [0.15, 0.2) is 0 Å².